The third-order valence-electron chi connectivity index (χ3n) is 3.06. The van der Waals surface area contributed by atoms with Gasteiger partial charge in [0, 0.05) is 0 Å². The van der Waals surface area contributed by atoms with Crippen molar-refractivity contribution in [3.8, 4) is 11.5 Å². The molecule has 0 aliphatic rings. The van der Waals surface area contributed by atoms with E-state index in [-0.39, 0.29) is 0 Å². The molecular weight excluding hydrogens is 344 g/mol. The second-order valence-corrected chi connectivity index (χ2v) is 5.66. The van der Waals surface area contributed by atoms with E-state index in [0.717, 1.165) is 5.56 Å². The maximum absolute atomic E-state index is 12.0. The summed E-state index contributed by atoms with van der Waals surface area (Å²) in [5.41, 5.74) is 3.38. The molecule has 9 nitrogen and oxygen atoms in total. The number of nitrogens with two attached hydrogens (primary N) is 1. The molecule has 3 N–H and O–H groups in total. The molecule has 128 valence electrons. The Hall–Kier alpha value is -3.40. The van der Waals surface area contributed by atoms with Gasteiger partial charge in [-0.3, -0.25) is 0 Å². The number of aromatic nitrogens is 3. The smallest absolute Gasteiger partial charge is 0.353 e. The molecule has 25 heavy (non-hydrogen) atoms. The van der Waals surface area contributed by atoms with Gasteiger partial charge in [-0.2, -0.15) is 5.10 Å². The average molecular weight is 358 g/mol. The van der Waals surface area contributed by atoms with Gasteiger partial charge in [-0.25, -0.2) is 14.9 Å². The highest BCUT2D eigenvalue weighted by molar-refractivity contribution is 7.12. The largest absolute Gasteiger partial charge is 0.493 e. The average Bonchev–Trinajstić information content (AvgIpc) is 3.28. The predicted molar refractivity (Wildman–Crippen MR) is 93.7 cm³/mol. The molecule has 0 spiro atoms. The summed E-state index contributed by atoms with van der Waals surface area (Å²) in [5, 5.41) is 13.2. The van der Waals surface area contributed by atoms with Gasteiger partial charge in [0.1, 0.15) is 11.2 Å². The fourth-order valence-electron chi connectivity index (χ4n) is 1.88. The van der Waals surface area contributed by atoms with Gasteiger partial charge in [-0.1, -0.05) is 6.07 Å². The molecule has 0 radical (unpaired) electrons. The maximum Gasteiger partial charge on any atom is 0.353 e. The molecular formula is C15H14N6O3S. The van der Waals surface area contributed by atoms with Gasteiger partial charge in [0.2, 0.25) is 0 Å². The Morgan fingerprint density at radius 2 is 2.28 bits per heavy atom. The van der Waals surface area contributed by atoms with E-state index < -0.39 is 5.97 Å². The number of benzene rings is 1. The van der Waals surface area contributed by atoms with Crippen LogP contribution < -0.4 is 20.7 Å². The van der Waals surface area contributed by atoms with Crippen molar-refractivity contribution in [3.05, 3.63) is 52.5 Å². The second-order valence-electron chi connectivity index (χ2n) is 4.71. The molecule has 0 saturated heterocycles. The molecule has 0 bridgehead atoms. The standard InChI is InChI=1S/C15H14N6O3S/c1-23-12-7-10(8-17-19-15-20-18-9-21(15)16)4-5-11(12)24-14(22)13-3-2-6-25-13/h2-9H,16H2,1H3,(H,19,20)/b17-8-. The normalized spacial score (nSPS) is 10.8. The van der Waals surface area contributed by atoms with Crippen LogP contribution in [0.4, 0.5) is 5.95 Å². The lowest BCUT2D eigenvalue weighted by molar-refractivity contribution is 0.0735. The van der Waals surface area contributed by atoms with Crippen molar-refractivity contribution in [3.63, 3.8) is 0 Å². The summed E-state index contributed by atoms with van der Waals surface area (Å²) in [6.45, 7) is 0. The van der Waals surface area contributed by atoms with Crippen LogP contribution in [0.15, 0.2) is 47.1 Å². The van der Waals surface area contributed by atoms with E-state index in [9.17, 15) is 4.79 Å². The van der Waals surface area contributed by atoms with Crippen LogP contribution in [0.1, 0.15) is 15.2 Å². The van der Waals surface area contributed by atoms with E-state index >= 15 is 0 Å². The number of methoxy groups -OCH3 is 1. The minimum Gasteiger partial charge on any atom is -0.493 e. The van der Waals surface area contributed by atoms with Crippen LogP contribution in [0, 0.1) is 0 Å². The highest BCUT2D eigenvalue weighted by Crippen LogP contribution is 2.28. The highest BCUT2D eigenvalue weighted by atomic mass is 32.1. The van der Waals surface area contributed by atoms with Crippen LogP contribution in [0.2, 0.25) is 0 Å². The molecule has 0 aliphatic carbocycles. The Balaban J connectivity index is 1.71. The summed E-state index contributed by atoms with van der Waals surface area (Å²) in [7, 11) is 1.49. The second kappa shape index (κ2) is 7.45. The van der Waals surface area contributed by atoms with Crippen molar-refractivity contribution >= 4 is 29.5 Å². The number of rotatable bonds is 6. The monoisotopic (exact) mass is 358 g/mol. The first-order chi connectivity index (χ1) is 12.2. The number of hydrogen-bond acceptors (Lipinski definition) is 9. The molecule has 3 rings (SSSR count). The van der Waals surface area contributed by atoms with Crippen LogP contribution in [0.3, 0.4) is 0 Å². The van der Waals surface area contributed by atoms with Crippen LogP contribution in [0.25, 0.3) is 0 Å². The summed E-state index contributed by atoms with van der Waals surface area (Å²) < 4.78 is 11.8. The Kier molecular flexibility index (Phi) is 4.90. The zero-order valence-electron chi connectivity index (χ0n) is 13.1. The third kappa shape index (κ3) is 3.93. The van der Waals surface area contributed by atoms with E-state index in [4.69, 9.17) is 15.3 Å². The van der Waals surface area contributed by atoms with Gasteiger partial charge in [0.15, 0.2) is 11.5 Å². The van der Waals surface area contributed by atoms with Crippen molar-refractivity contribution in [1.82, 2.24) is 14.9 Å². The van der Waals surface area contributed by atoms with E-state index in [1.54, 1.807) is 36.5 Å². The fraction of sp³-hybridized carbons (Fsp3) is 0.0667. The summed E-state index contributed by atoms with van der Waals surface area (Å²) in [6, 6.07) is 8.54. The molecule has 0 aliphatic heterocycles. The molecule has 0 saturated carbocycles. The molecule has 2 aromatic heterocycles. The summed E-state index contributed by atoms with van der Waals surface area (Å²) in [6.07, 6.45) is 2.89. The van der Waals surface area contributed by atoms with Crippen molar-refractivity contribution < 1.29 is 14.3 Å². The molecule has 0 amide bonds. The first-order valence-corrected chi connectivity index (χ1v) is 7.93. The van der Waals surface area contributed by atoms with Crippen LogP contribution in [-0.4, -0.2) is 34.2 Å². The predicted octanol–water partition coefficient (Wildman–Crippen LogP) is 1.73. The summed E-state index contributed by atoms with van der Waals surface area (Å²) >= 11 is 1.31. The van der Waals surface area contributed by atoms with Crippen LogP contribution in [0.5, 0.6) is 11.5 Å². The summed E-state index contributed by atoms with van der Waals surface area (Å²) in [5.74, 6) is 6.16. The van der Waals surface area contributed by atoms with Crippen LogP contribution in [-0.2, 0) is 0 Å². The van der Waals surface area contributed by atoms with Gasteiger partial charge in [-0.15, -0.1) is 21.5 Å². The lowest BCUT2D eigenvalue weighted by Crippen LogP contribution is -2.10. The number of carbonyl (C=O) groups is 1. The number of carbonyl (C=O) groups excluding carboxylic acids is 1. The molecule has 1 aromatic carbocycles. The lowest BCUT2D eigenvalue weighted by atomic mass is 10.2. The van der Waals surface area contributed by atoms with E-state index in [1.165, 1.54) is 29.5 Å². The Bertz CT molecular complexity index is 891. The van der Waals surface area contributed by atoms with Crippen LogP contribution >= 0.6 is 11.3 Å². The van der Waals surface area contributed by atoms with Crippen molar-refractivity contribution in [2.24, 2.45) is 5.10 Å². The number of nitrogens with zero attached hydrogens (tertiary/aromatic N) is 4. The Morgan fingerprint density at radius 3 is 2.96 bits per heavy atom. The molecule has 10 heteroatoms. The summed E-state index contributed by atoms with van der Waals surface area (Å²) in [4.78, 5) is 12.5. The molecule has 3 aromatic rings. The topological polar surface area (TPSA) is 117 Å². The molecule has 0 atom stereocenters. The highest BCUT2D eigenvalue weighted by Gasteiger charge is 2.13. The minimum atomic E-state index is -0.432. The van der Waals surface area contributed by atoms with Gasteiger partial charge < -0.3 is 15.3 Å². The third-order valence-corrected chi connectivity index (χ3v) is 3.91. The molecule has 0 fully saturated rings. The number of anilines is 1. The van der Waals surface area contributed by atoms with Gasteiger partial charge in [0.25, 0.3) is 5.95 Å². The Morgan fingerprint density at radius 1 is 1.40 bits per heavy atom. The van der Waals surface area contributed by atoms with Gasteiger partial charge in [-0.05, 0) is 35.2 Å². The molecule has 0 unspecified atom stereocenters. The van der Waals surface area contributed by atoms with E-state index in [2.05, 4.69) is 20.7 Å². The van der Waals surface area contributed by atoms with Crippen molar-refractivity contribution in [2.45, 2.75) is 0 Å². The quantitative estimate of drug-likeness (QED) is 0.226. The SMILES string of the molecule is COc1cc(/C=N\Nc2nncn2N)ccc1OC(=O)c1cccs1. The minimum absolute atomic E-state index is 0.296. The van der Waals surface area contributed by atoms with E-state index in [0.29, 0.717) is 22.3 Å². The first-order valence-electron chi connectivity index (χ1n) is 7.05. The number of nitrogen functional groups attached to an aromatic ring is 1. The number of thiophene rings is 1. The van der Waals surface area contributed by atoms with Gasteiger partial charge >= 0.3 is 5.97 Å². The van der Waals surface area contributed by atoms with Crippen molar-refractivity contribution in [2.75, 3.05) is 18.4 Å². The zero-order valence-corrected chi connectivity index (χ0v) is 13.9. The van der Waals surface area contributed by atoms with Gasteiger partial charge in [0.05, 0.1) is 13.3 Å². The number of ether oxygens (including phenoxy) is 2. The van der Waals surface area contributed by atoms with Crippen molar-refractivity contribution in [1.29, 1.82) is 0 Å². The number of hydrazone groups is 1. The number of nitrogens with one attached hydrogen (secondary N) is 1. The fourth-order valence-corrected chi connectivity index (χ4v) is 2.48. The number of esters is 1. The first kappa shape index (κ1) is 16.5. The Labute approximate surface area is 146 Å². The lowest BCUT2D eigenvalue weighted by Gasteiger charge is -2.09. The van der Waals surface area contributed by atoms with E-state index in [1.807, 2.05) is 5.38 Å². The zero-order chi connectivity index (χ0) is 17.6. The maximum atomic E-state index is 12.0. The number of hydrogen-bond donors (Lipinski definition) is 2. The molecule has 2 heterocycles.